The number of carbonyl (C=O) groups excluding carboxylic acids is 2. The lowest BCUT2D eigenvalue weighted by molar-refractivity contribution is -0.384. The molecule has 8 nitrogen and oxygen atoms in total. The van der Waals surface area contributed by atoms with Crippen molar-refractivity contribution in [2.24, 2.45) is 0 Å². The van der Waals surface area contributed by atoms with Gasteiger partial charge < -0.3 is 14.5 Å². The number of likely N-dealkylation sites (tertiary alicyclic amines) is 1. The average molecular weight is 650 g/mol. The fourth-order valence-electron chi connectivity index (χ4n) is 7.18. The molecule has 0 amide bonds. The molecule has 8 heteroatoms. The van der Waals surface area contributed by atoms with E-state index in [4.69, 9.17) is 4.74 Å². The van der Waals surface area contributed by atoms with Crippen molar-refractivity contribution >= 4 is 17.4 Å². The van der Waals surface area contributed by atoms with Crippen LogP contribution in [0.3, 0.4) is 0 Å². The van der Waals surface area contributed by atoms with Crippen LogP contribution in [-0.4, -0.2) is 58.3 Å². The highest BCUT2D eigenvalue weighted by atomic mass is 16.6. The van der Waals surface area contributed by atoms with Gasteiger partial charge in [0.2, 0.25) is 0 Å². The van der Waals surface area contributed by atoms with Crippen LogP contribution in [0, 0.1) is 10.1 Å². The predicted molar refractivity (Wildman–Crippen MR) is 188 cm³/mol. The van der Waals surface area contributed by atoms with E-state index in [9.17, 15) is 19.7 Å². The fraction of sp³-hybridized carbons (Fsp3) is 0.400. The standard InChI is InChI=1S/C40H47N3O5/c1-29-36(38(45)48-39(3,4)5)37(31-15-14-20-34(27-31)43(46)47)35(30(2)44)28-42(29)24-13-12-23-41-25-21-40(22-26-41,32-16-8-6-9-17-32)33-18-10-7-11-19-33/h6-11,14-20,27-28,37H,12-13,21-26H2,1-5H3. The number of unbranched alkanes of at least 4 members (excludes halogenated alkanes) is 1. The summed E-state index contributed by atoms with van der Waals surface area (Å²) in [6.45, 7) is 12.4. The molecule has 2 aliphatic rings. The number of Topliss-reactive ketones (excluding diaryl/α,β-unsaturated/α-hetero) is 1. The predicted octanol–water partition coefficient (Wildman–Crippen LogP) is 7.94. The van der Waals surface area contributed by atoms with Crippen LogP contribution in [0.1, 0.15) is 82.9 Å². The minimum atomic E-state index is -0.767. The third-order valence-corrected chi connectivity index (χ3v) is 9.64. The maximum Gasteiger partial charge on any atom is 0.337 e. The van der Waals surface area contributed by atoms with Crippen molar-refractivity contribution in [1.29, 1.82) is 0 Å². The number of allylic oxidation sites excluding steroid dienone is 2. The summed E-state index contributed by atoms with van der Waals surface area (Å²) in [6.07, 6.45) is 5.76. The van der Waals surface area contributed by atoms with Crippen LogP contribution >= 0.6 is 0 Å². The molecule has 0 N–H and O–H groups in total. The molecule has 0 saturated carbocycles. The van der Waals surface area contributed by atoms with E-state index in [-0.39, 0.29) is 16.9 Å². The van der Waals surface area contributed by atoms with Gasteiger partial charge in [-0.2, -0.15) is 0 Å². The summed E-state index contributed by atoms with van der Waals surface area (Å²) in [6, 6.07) is 27.9. The Bertz CT molecular complexity index is 1640. The monoisotopic (exact) mass is 649 g/mol. The van der Waals surface area contributed by atoms with E-state index in [1.165, 1.54) is 30.2 Å². The first-order chi connectivity index (χ1) is 22.9. The minimum absolute atomic E-state index is 0.0103. The van der Waals surface area contributed by atoms with Crippen molar-refractivity contribution in [3.05, 3.63) is 135 Å². The highest BCUT2D eigenvalue weighted by molar-refractivity contribution is 6.01. The Hall–Kier alpha value is -4.56. The highest BCUT2D eigenvalue weighted by Gasteiger charge is 2.39. The molecule has 0 aromatic heterocycles. The van der Waals surface area contributed by atoms with Gasteiger partial charge in [0.25, 0.3) is 5.69 Å². The molecule has 252 valence electrons. The van der Waals surface area contributed by atoms with Gasteiger partial charge in [0, 0.05) is 47.5 Å². The molecule has 1 saturated heterocycles. The number of piperidine rings is 1. The fourth-order valence-corrected chi connectivity index (χ4v) is 7.18. The molecular weight excluding hydrogens is 602 g/mol. The molecular formula is C40H47N3O5. The van der Waals surface area contributed by atoms with Crippen LogP contribution in [0.5, 0.6) is 0 Å². The minimum Gasteiger partial charge on any atom is -0.457 e. The second-order valence-corrected chi connectivity index (χ2v) is 14.0. The number of ketones is 1. The van der Waals surface area contributed by atoms with E-state index >= 15 is 0 Å². The number of hydrogen-bond acceptors (Lipinski definition) is 7. The zero-order chi connectivity index (χ0) is 34.5. The van der Waals surface area contributed by atoms with Crippen molar-refractivity contribution in [3.63, 3.8) is 0 Å². The number of nitro benzene ring substituents is 1. The zero-order valence-electron chi connectivity index (χ0n) is 28.8. The number of non-ortho nitro benzene ring substituents is 1. The molecule has 1 atom stereocenters. The molecule has 1 unspecified atom stereocenters. The lowest BCUT2D eigenvalue weighted by atomic mass is 9.68. The molecule has 2 aliphatic heterocycles. The van der Waals surface area contributed by atoms with E-state index in [0.717, 1.165) is 45.3 Å². The number of hydrogen-bond donors (Lipinski definition) is 0. The van der Waals surface area contributed by atoms with E-state index < -0.39 is 22.4 Å². The number of carbonyl (C=O) groups is 2. The summed E-state index contributed by atoms with van der Waals surface area (Å²) in [7, 11) is 0. The number of benzene rings is 3. The van der Waals surface area contributed by atoms with E-state index in [0.29, 0.717) is 29.0 Å². The SMILES string of the molecule is CC(=O)C1=CN(CCCCN2CCC(c3ccccc3)(c3ccccc3)CC2)C(C)=C(C(=O)OC(C)(C)C)C1c1cccc([N+](=O)[O-])c1. The highest BCUT2D eigenvalue weighted by Crippen LogP contribution is 2.43. The second-order valence-electron chi connectivity index (χ2n) is 14.0. The van der Waals surface area contributed by atoms with Gasteiger partial charge in [-0.05, 0) is 96.6 Å². The molecule has 5 rings (SSSR count). The molecule has 0 spiro atoms. The summed E-state index contributed by atoms with van der Waals surface area (Å²) in [5, 5.41) is 11.6. The maximum absolute atomic E-state index is 13.7. The number of rotatable bonds is 11. The van der Waals surface area contributed by atoms with Crippen molar-refractivity contribution in [2.75, 3.05) is 26.2 Å². The van der Waals surface area contributed by atoms with E-state index in [2.05, 4.69) is 65.6 Å². The van der Waals surface area contributed by atoms with Crippen molar-refractivity contribution in [1.82, 2.24) is 9.80 Å². The van der Waals surface area contributed by atoms with E-state index in [1.807, 2.05) is 18.0 Å². The topological polar surface area (TPSA) is 93.0 Å². The third kappa shape index (κ3) is 7.76. The normalized spacial score (nSPS) is 18.3. The van der Waals surface area contributed by atoms with Gasteiger partial charge in [0.05, 0.1) is 10.5 Å². The Morgan fingerprint density at radius 3 is 2.02 bits per heavy atom. The quantitative estimate of drug-likeness (QED) is 0.0901. The van der Waals surface area contributed by atoms with E-state index in [1.54, 1.807) is 32.9 Å². The van der Waals surface area contributed by atoms with Gasteiger partial charge in [0.1, 0.15) is 5.60 Å². The van der Waals surface area contributed by atoms with Gasteiger partial charge in [-0.3, -0.25) is 14.9 Å². The first-order valence-electron chi connectivity index (χ1n) is 16.9. The van der Waals surface area contributed by atoms with Gasteiger partial charge in [-0.25, -0.2) is 4.79 Å². The molecule has 0 radical (unpaired) electrons. The second kappa shape index (κ2) is 14.7. The van der Waals surface area contributed by atoms with Crippen LogP contribution in [0.4, 0.5) is 5.69 Å². The van der Waals surface area contributed by atoms with Gasteiger partial charge in [0.15, 0.2) is 5.78 Å². The summed E-state index contributed by atoms with van der Waals surface area (Å²) >= 11 is 0. The number of nitro groups is 1. The summed E-state index contributed by atoms with van der Waals surface area (Å²) < 4.78 is 5.84. The summed E-state index contributed by atoms with van der Waals surface area (Å²) in [5.41, 5.74) is 3.87. The molecule has 2 heterocycles. The summed E-state index contributed by atoms with van der Waals surface area (Å²) in [4.78, 5) is 42.5. The Balaban J connectivity index is 1.30. The molecule has 1 fully saturated rings. The first-order valence-corrected chi connectivity index (χ1v) is 16.9. The van der Waals surface area contributed by atoms with Crippen LogP contribution < -0.4 is 0 Å². The Morgan fingerprint density at radius 1 is 0.896 bits per heavy atom. The van der Waals surface area contributed by atoms with Crippen molar-refractivity contribution in [2.45, 2.75) is 77.2 Å². The van der Waals surface area contributed by atoms with Crippen molar-refractivity contribution in [3.8, 4) is 0 Å². The zero-order valence-corrected chi connectivity index (χ0v) is 28.8. The Morgan fingerprint density at radius 2 is 1.48 bits per heavy atom. The van der Waals surface area contributed by atoms with Crippen LogP contribution in [0.15, 0.2) is 108 Å². The lowest BCUT2D eigenvalue weighted by Gasteiger charge is -2.43. The van der Waals surface area contributed by atoms with Crippen LogP contribution in [0.25, 0.3) is 0 Å². The van der Waals surface area contributed by atoms with Crippen LogP contribution in [-0.2, 0) is 19.7 Å². The third-order valence-electron chi connectivity index (χ3n) is 9.64. The smallest absolute Gasteiger partial charge is 0.337 e. The maximum atomic E-state index is 13.7. The van der Waals surface area contributed by atoms with Crippen LogP contribution in [0.2, 0.25) is 0 Å². The number of esters is 1. The lowest BCUT2D eigenvalue weighted by Crippen LogP contribution is -2.43. The van der Waals surface area contributed by atoms with Gasteiger partial charge >= 0.3 is 5.97 Å². The molecule has 0 bridgehead atoms. The van der Waals surface area contributed by atoms with Gasteiger partial charge in [-0.1, -0.05) is 72.8 Å². The Labute approximate surface area is 284 Å². The molecule has 3 aromatic rings. The molecule has 0 aliphatic carbocycles. The number of nitrogens with zero attached hydrogens (tertiary/aromatic N) is 3. The average Bonchev–Trinajstić information content (AvgIpc) is 3.07. The number of ether oxygens (including phenoxy) is 1. The van der Waals surface area contributed by atoms with Gasteiger partial charge in [-0.15, -0.1) is 0 Å². The first kappa shape index (κ1) is 34.8. The van der Waals surface area contributed by atoms with Crippen molar-refractivity contribution < 1.29 is 19.2 Å². The molecule has 48 heavy (non-hydrogen) atoms. The largest absolute Gasteiger partial charge is 0.457 e. The summed E-state index contributed by atoms with van der Waals surface area (Å²) in [5.74, 6) is -1.49. The Kier molecular flexibility index (Phi) is 10.6. The molecule has 3 aromatic carbocycles.